The van der Waals surface area contributed by atoms with Gasteiger partial charge < -0.3 is 14.8 Å². The fourth-order valence-electron chi connectivity index (χ4n) is 2.48. The normalized spacial score (nSPS) is 10.2. The van der Waals surface area contributed by atoms with Crippen LogP contribution in [0.25, 0.3) is 0 Å². The number of aryl methyl sites for hydroxylation is 1. The molecule has 3 aromatic rings. The maximum atomic E-state index is 12.2. The molecule has 0 aliphatic heterocycles. The van der Waals surface area contributed by atoms with Crippen LogP contribution in [0.4, 0.5) is 5.69 Å². The number of benzene rings is 3. The van der Waals surface area contributed by atoms with Gasteiger partial charge in [-0.1, -0.05) is 35.9 Å². The molecule has 0 aliphatic carbocycles. The topological polar surface area (TPSA) is 64.6 Å². The number of ether oxygens (including phenoxy) is 2. The summed E-state index contributed by atoms with van der Waals surface area (Å²) in [6.07, 6.45) is 0. The predicted molar refractivity (Wildman–Crippen MR) is 108 cm³/mol. The van der Waals surface area contributed by atoms with E-state index in [2.05, 4.69) is 5.32 Å². The largest absolute Gasteiger partial charge is 0.457 e. The summed E-state index contributed by atoms with van der Waals surface area (Å²) in [4.78, 5) is 24.3. The van der Waals surface area contributed by atoms with Crippen molar-refractivity contribution in [1.82, 2.24) is 0 Å². The van der Waals surface area contributed by atoms with Crippen LogP contribution in [0.15, 0.2) is 72.8 Å². The standard InChI is InChI=1S/C22H18ClNO4/c1-15-12-17(23)10-11-20(15)24-21(25)14-27-22(26)16-6-5-9-19(13-16)28-18-7-3-2-4-8-18/h2-13H,14H2,1H3,(H,24,25). The maximum absolute atomic E-state index is 12.2. The molecule has 28 heavy (non-hydrogen) atoms. The molecule has 1 N–H and O–H groups in total. The van der Waals surface area contributed by atoms with Crippen molar-refractivity contribution in [2.75, 3.05) is 11.9 Å². The molecular formula is C22H18ClNO4. The van der Waals surface area contributed by atoms with Gasteiger partial charge in [0.05, 0.1) is 5.56 Å². The first-order valence-corrected chi connectivity index (χ1v) is 8.95. The lowest BCUT2D eigenvalue weighted by Gasteiger charge is -2.10. The number of anilines is 1. The third-order valence-corrected chi connectivity index (χ3v) is 4.08. The van der Waals surface area contributed by atoms with Crippen molar-refractivity contribution in [2.45, 2.75) is 6.92 Å². The van der Waals surface area contributed by atoms with Crippen LogP contribution < -0.4 is 10.1 Å². The van der Waals surface area contributed by atoms with Crippen molar-refractivity contribution in [2.24, 2.45) is 0 Å². The van der Waals surface area contributed by atoms with Gasteiger partial charge in [0.2, 0.25) is 0 Å². The lowest BCUT2D eigenvalue weighted by Crippen LogP contribution is -2.21. The van der Waals surface area contributed by atoms with Crippen molar-refractivity contribution in [3.8, 4) is 11.5 Å². The van der Waals surface area contributed by atoms with E-state index in [0.29, 0.717) is 27.8 Å². The quantitative estimate of drug-likeness (QED) is 0.580. The number of rotatable bonds is 6. The summed E-state index contributed by atoms with van der Waals surface area (Å²) >= 11 is 5.90. The zero-order chi connectivity index (χ0) is 19.9. The van der Waals surface area contributed by atoms with Crippen LogP contribution in [0.3, 0.4) is 0 Å². The zero-order valence-electron chi connectivity index (χ0n) is 15.1. The van der Waals surface area contributed by atoms with Crippen LogP contribution in [0.5, 0.6) is 11.5 Å². The number of carbonyl (C=O) groups is 2. The fourth-order valence-corrected chi connectivity index (χ4v) is 2.71. The smallest absolute Gasteiger partial charge is 0.338 e. The van der Waals surface area contributed by atoms with Gasteiger partial charge in [-0.05, 0) is 61.0 Å². The number of amides is 1. The Morgan fingerprint density at radius 2 is 1.68 bits per heavy atom. The van der Waals surface area contributed by atoms with Crippen LogP contribution in [0.1, 0.15) is 15.9 Å². The Labute approximate surface area is 167 Å². The van der Waals surface area contributed by atoms with Crippen LogP contribution in [-0.4, -0.2) is 18.5 Å². The number of esters is 1. The van der Waals surface area contributed by atoms with Crippen molar-refractivity contribution in [3.05, 3.63) is 88.9 Å². The number of hydrogen-bond acceptors (Lipinski definition) is 4. The average molecular weight is 396 g/mol. The highest BCUT2D eigenvalue weighted by Gasteiger charge is 2.12. The highest BCUT2D eigenvalue weighted by Crippen LogP contribution is 2.22. The van der Waals surface area contributed by atoms with Crippen molar-refractivity contribution in [1.29, 1.82) is 0 Å². The van der Waals surface area contributed by atoms with Crippen molar-refractivity contribution in [3.63, 3.8) is 0 Å². The summed E-state index contributed by atoms with van der Waals surface area (Å²) in [5, 5.41) is 3.27. The van der Waals surface area contributed by atoms with Gasteiger partial charge in [-0.3, -0.25) is 4.79 Å². The Morgan fingerprint density at radius 3 is 2.43 bits per heavy atom. The molecule has 142 valence electrons. The molecule has 0 bridgehead atoms. The zero-order valence-corrected chi connectivity index (χ0v) is 15.9. The number of carbonyl (C=O) groups excluding carboxylic acids is 2. The molecule has 5 nitrogen and oxygen atoms in total. The second-order valence-corrected chi connectivity index (χ2v) is 6.46. The number of para-hydroxylation sites is 1. The van der Waals surface area contributed by atoms with Gasteiger partial charge >= 0.3 is 5.97 Å². The summed E-state index contributed by atoms with van der Waals surface area (Å²) in [5.41, 5.74) is 1.73. The molecule has 0 radical (unpaired) electrons. The van der Waals surface area contributed by atoms with E-state index in [1.54, 1.807) is 42.5 Å². The summed E-state index contributed by atoms with van der Waals surface area (Å²) in [5.74, 6) is 0.115. The third-order valence-electron chi connectivity index (χ3n) is 3.85. The third kappa shape index (κ3) is 5.34. The Kier molecular flexibility index (Phi) is 6.29. The first-order chi connectivity index (χ1) is 13.5. The van der Waals surface area contributed by atoms with Crippen molar-refractivity contribution < 1.29 is 19.1 Å². The minimum atomic E-state index is -0.610. The molecule has 6 heteroatoms. The van der Waals surface area contributed by atoms with E-state index >= 15 is 0 Å². The Morgan fingerprint density at radius 1 is 0.929 bits per heavy atom. The Bertz CT molecular complexity index is 989. The summed E-state index contributed by atoms with van der Waals surface area (Å²) in [7, 11) is 0. The summed E-state index contributed by atoms with van der Waals surface area (Å²) in [6.45, 7) is 1.43. The van der Waals surface area contributed by atoms with Gasteiger partial charge in [0.15, 0.2) is 6.61 Å². The van der Waals surface area contributed by atoms with E-state index in [9.17, 15) is 9.59 Å². The lowest BCUT2D eigenvalue weighted by atomic mass is 10.2. The molecule has 1 amide bonds. The van der Waals surface area contributed by atoms with Crippen LogP contribution in [0.2, 0.25) is 5.02 Å². The minimum Gasteiger partial charge on any atom is -0.457 e. The first kappa shape index (κ1) is 19.5. The van der Waals surface area contributed by atoms with E-state index in [4.69, 9.17) is 21.1 Å². The predicted octanol–water partition coefficient (Wildman–Crippen LogP) is 5.24. The van der Waals surface area contributed by atoms with E-state index in [1.165, 1.54) is 0 Å². The van der Waals surface area contributed by atoms with E-state index in [0.717, 1.165) is 5.56 Å². The SMILES string of the molecule is Cc1cc(Cl)ccc1NC(=O)COC(=O)c1cccc(Oc2ccccc2)c1. The molecular weight excluding hydrogens is 378 g/mol. The molecule has 0 saturated carbocycles. The molecule has 0 saturated heterocycles. The highest BCUT2D eigenvalue weighted by molar-refractivity contribution is 6.30. The molecule has 0 atom stereocenters. The molecule has 3 aromatic carbocycles. The molecule has 0 fully saturated rings. The van der Waals surface area contributed by atoms with Gasteiger partial charge in [0, 0.05) is 10.7 Å². The van der Waals surface area contributed by atoms with Crippen molar-refractivity contribution >= 4 is 29.2 Å². The molecule has 0 aliphatic rings. The molecule has 3 rings (SSSR count). The number of hydrogen-bond donors (Lipinski definition) is 1. The molecule has 0 heterocycles. The van der Waals surface area contributed by atoms with Crippen LogP contribution in [-0.2, 0) is 9.53 Å². The van der Waals surface area contributed by atoms with E-state index in [-0.39, 0.29) is 0 Å². The summed E-state index contributed by atoms with van der Waals surface area (Å²) in [6, 6.07) is 20.9. The minimum absolute atomic E-state index is 0.295. The van der Waals surface area contributed by atoms with Gasteiger partial charge in [-0.25, -0.2) is 4.79 Å². The van der Waals surface area contributed by atoms with E-state index in [1.807, 2.05) is 37.3 Å². The number of nitrogens with one attached hydrogen (secondary N) is 1. The van der Waals surface area contributed by atoms with Gasteiger partial charge in [0.1, 0.15) is 11.5 Å². The monoisotopic (exact) mass is 395 g/mol. The Balaban J connectivity index is 1.57. The average Bonchev–Trinajstić information content (AvgIpc) is 2.69. The van der Waals surface area contributed by atoms with Gasteiger partial charge in [0.25, 0.3) is 5.91 Å². The highest BCUT2D eigenvalue weighted by atomic mass is 35.5. The number of halogens is 1. The summed E-state index contributed by atoms with van der Waals surface area (Å²) < 4.78 is 10.8. The fraction of sp³-hybridized carbons (Fsp3) is 0.0909. The second kappa shape index (κ2) is 9.06. The van der Waals surface area contributed by atoms with Gasteiger partial charge in [-0.2, -0.15) is 0 Å². The second-order valence-electron chi connectivity index (χ2n) is 6.03. The van der Waals surface area contributed by atoms with Gasteiger partial charge in [-0.15, -0.1) is 0 Å². The maximum Gasteiger partial charge on any atom is 0.338 e. The van der Waals surface area contributed by atoms with Crippen LogP contribution >= 0.6 is 11.6 Å². The lowest BCUT2D eigenvalue weighted by molar-refractivity contribution is -0.119. The first-order valence-electron chi connectivity index (χ1n) is 8.57. The molecule has 0 aromatic heterocycles. The molecule has 0 unspecified atom stereocenters. The molecule has 0 spiro atoms. The van der Waals surface area contributed by atoms with Crippen LogP contribution in [0, 0.1) is 6.92 Å². The Hall–Kier alpha value is -3.31. The van der Waals surface area contributed by atoms with E-state index < -0.39 is 18.5 Å².